The quantitative estimate of drug-likeness (QED) is 0.544. The maximum atomic E-state index is 11.7. The molecule has 19 heavy (non-hydrogen) atoms. The van der Waals surface area contributed by atoms with Gasteiger partial charge in [0.15, 0.2) is 5.69 Å². The summed E-state index contributed by atoms with van der Waals surface area (Å²) in [5.41, 5.74) is 2.17. The summed E-state index contributed by atoms with van der Waals surface area (Å²) in [6.45, 7) is 3.15. The second-order valence-corrected chi connectivity index (χ2v) is 3.91. The molecule has 1 N–H and O–H groups in total. The SMILES string of the molecule is CCCCn1nc(C(=O)NOCCOC)ccc1=O. The number of carbonyl (C=O) groups is 1. The van der Waals surface area contributed by atoms with Crippen molar-refractivity contribution in [3.8, 4) is 0 Å². The second kappa shape index (κ2) is 8.39. The van der Waals surface area contributed by atoms with Gasteiger partial charge in [0.25, 0.3) is 11.5 Å². The van der Waals surface area contributed by atoms with E-state index in [2.05, 4.69) is 10.6 Å². The number of nitrogens with zero attached hydrogens (tertiary/aromatic N) is 2. The standard InChI is InChI=1S/C12H19N3O4/c1-3-4-7-15-11(16)6-5-10(13-15)12(17)14-19-9-8-18-2/h5-6H,3-4,7-9H2,1-2H3,(H,14,17). The first kappa shape index (κ1) is 15.3. The molecule has 1 aromatic rings. The van der Waals surface area contributed by atoms with Crippen LogP contribution < -0.4 is 11.0 Å². The first-order valence-corrected chi connectivity index (χ1v) is 6.18. The van der Waals surface area contributed by atoms with Crippen LogP contribution >= 0.6 is 0 Å². The maximum Gasteiger partial charge on any atom is 0.295 e. The van der Waals surface area contributed by atoms with Crippen molar-refractivity contribution in [3.05, 3.63) is 28.2 Å². The Labute approximate surface area is 111 Å². The number of nitrogens with one attached hydrogen (secondary N) is 1. The normalized spacial score (nSPS) is 10.4. The molecule has 0 aliphatic rings. The minimum absolute atomic E-state index is 0.146. The number of hydroxylamine groups is 1. The number of hydrogen-bond donors (Lipinski definition) is 1. The first-order chi connectivity index (χ1) is 9.19. The third-order valence-corrected chi connectivity index (χ3v) is 2.38. The van der Waals surface area contributed by atoms with Gasteiger partial charge in [-0.3, -0.25) is 14.4 Å². The highest BCUT2D eigenvalue weighted by atomic mass is 16.7. The van der Waals surface area contributed by atoms with Crippen molar-refractivity contribution in [1.82, 2.24) is 15.3 Å². The van der Waals surface area contributed by atoms with Gasteiger partial charge >= 0.3 is 0 Å². The van der Waals surface area contributed by atoms with E-state index in [9.17, 15) is 9.59 Å². The Morgan fingerprint density at radius 2 is 2.21 bits per heavy atom. The Balaban J connectivity index is 2.61. The molecule has 0 spiro atoms. The van der Waals surface area contributed by atoms with Gasteiger partial charge in [-0.1, -0.05) is 13.3 Å². The lowest BCUT2D eigenvalue weighted by Crippen LogP contribution is -2.30. The lowest BCUT2D eigenvalue weighted by Gasteiger charge is -2.07. The van der Waals surface area contributed by atoms with E-state index in [1.807, 2.05) is 6.92 Å². The molecular formula is C12H19N3O4. The van der Waals surface area contributed by atoms with Crippen molar-refractivity contribution in [3.63, 3.8) is 0 Å². The van der Waals surface area contributed by atoms with Crippen LogP contribution in [0.3, 0.4) is 0 Å². The van der Waals surface area contributed by atoms with Crippen molar-refractivity contribution < 1.29 is 14.4 Å². The molecule has 0 aliphatic heterocycles. The Hall–Kier alpha value is -1.73. The van der Waals surface area contributed by atoms with Crippen LogP contribution in [0.2, 0.25) is 0 Å². The molecule has 106 valence electrons. The fourth-order valence-corrected chi connectivity index (χ4v) is 1.33. The number of ether oxygens (including phenoxy) is 1. The van der Waals surface area contributed by atoms with E-state index < -0.39 is 5.91 Å². The summed E-state index contributed by atoms with van der Waals surface area (Å²) in [4.78, 5) is 28.1. The predicted octanol–water partition coefficient (Wildman–Crippen LogP) is 0.351. The second-order valence-electron chi connectivity index (χ2n) is 3.91. The van der Waals surface area contributed by atoms with E-state index in [4.69, 9.17) is 9.57 Å². The summed E-state index contributed by atoms with van der Waals surface area (Å²) in [5.74, 6) is -0.485. The molecule has 0 unspecified atom stereocenters. The lowest BCUT2D eigenvalue weighted by atomic mass is 10.3. The van der Waals surface area contributed by atoms with Gasteiger partial charge < -0.3 is 4.74 Å². The molecule has 1 amide bonds. The summed E-state index contributed by atoms with van der Waals surface area (Å²) in [7, 11) is 1.54. The number of methoxy groups -OCH3 is 1. The number of unbranched alkanes of at least 4 members (excludes halogenated alkanes) is 1. The monoisotopic (exact) mass is 269 g/mol. The number of aryl methyl sites for hydroxylation is 1. The zero-order valence-electron chi connectivity index (χ0n) is 11.2. The fraction of sp³-hybridized carbons (Fsp3) is 0.583. The van der Waals surface area contributed by atoms with Gasteiger partial charge in [-0.25, -0.2) is 10.2 Å². The lowest BCUT2D eigenvalue weighted by molar-refractivity contribution is 0.00844. The van der Waals surface area contributed by atoms with Gasteiger partial charge in [0, 0.05) is 19.7 Å². The number of carbonyl (C=O) groups excluding carboxylic acids is 1. The van der Waals surface area contributed by atoms with Crippen LogP contribution in [0.4, 0.5) is 0 Å². The van der Waals surface area contributed by atoms with Gasteiger partial charge in [-0.15, -0.1) is 0 Å². The van der Waals surface area contributed by atoms with E-state index in [0.717, 1.165) is 12.8 Å². The van der Waals surface area contributed by atoms with Crippen LogP contribution in [0, 0.1) is 0 Å². The van der Waals surface area contributed by atoms with Gasteiger partial charge in [-0.05, 0) is 12.5 Å². The molecule has 0 bridgehead atoms. The number of rotatable bonds is 8. The van der Waals surface area contributed by atoms with Crippen molar-refractivity contribution in [1.29, 1.82) is 0 Å². The van der Waals surface area contributed by atoms with Gasteiger partial charge in [0.05, 0.1) is 13.2 Å². The third-order valence-electron chi connectivity index (χ3n) is 2.38. The molecule has 0 atom stereocenters. The molecule has 0 saturated heterocycles. The van der Waals surface area contributed by atoms with Crippen molar-refractivity contribution in [2.45, 2.75) is 26.3 Å². The van der Waals surface area contributed by atoms with E-state index in [0.29, 0.717) is 13.2 Å². The fourth-order valence-electron chi connectivity index (χ4n) is 1.33. The first-order valence-electron chi connectivity index (χ1n) is 6.18. The van der Waals surface area contributed by atoms with Crippen molar-refractivity contribution in [2.24, 2.45) is 0 Å². The minimum Gasteiger partial charge on any atom is -0.382 e. The largest absolute Gasteiger partial charge is 0.382 e. The Morgan fingerprint density at radius 3 is 2.89 bits per heavy atom. The van der Waals surface area contributed by atoms with E-state index in [1.165, 1.54) is 23.9 Å². The Morgan fingerprint density at radius 1 is 1.42 bits per heavy atom. The van der Waals surface area contributed by atoms with Gasteiger partial charge in [0.2, 0.25) is 0 Å². The summed E-state index contributed by atoms with van der Waals surface area (Å²) in [6.07, 6.45) is 1.78. The van der Waals surface area contributed by atoms with Gasteiger partial charge in [0.1, 0.15) is 0 Å². The zero-order chi connectivity index (χ0) is 14.1. The van der Waals surface area contributed by atoms with Crippen LogP contribution in [0.1, 0.15) is 30.3 Å². The molecule has 0 aliphatic carbocycles. The molecule has 1 aromatic heterocycles. The molecule has 1 heterocycles. The van der Waals surface area contributed by atoms with Crippen LogP contribution in [-0.4, -0.2) is 36.0 Å². The Bertz CT molecular complexity index is 459. The average Bonchev–Trinajstić information content (AvgIpc) is 2.42. The summed E-state index contributed by atoms with van der Waals surface area (Å²) in [5, 5.41) is 3.99. The molecule has 7 heteroatoms. The average molecular weight is 269 g/mol. The molecule has 0 aromatic carbocycles. The maximum absolute atomic E-state index is 11.7. The molecule has 0 radical (unpaired) electrons. The van der Waals surface area contributed by atoms with Crippen molar-refractivity contribution in [2.75, 3.05) is 20.3 Å². The highest BCUT2D eigenvalue weighted by molar-refractivity contribution is 5.91. The molecule has 7 nitrogen and oxygen atoms in total. The van der Waals surface area contributed by atoms with Crippen LogP contribution in [0.5, 0.6) is 0 Å². The Kier molecular flexibility index (Phi) is 6.76. The summed E-state index contributed by atoms with van der Waals surface area (Å²) in [6, 6.07) is 2.70. The van der Waals surface area contributed by atoms with E-state index >= 15 is 0 Å². The highest BCUT2D eigenvalue weighted by Crippen LogP contribution is 1.94. The van der Waals surface area contributed by atoms with Crippen LogP contribution in [0.15, 0.2) is 16.9 Å². The molecular weight excluding hydrogens is 250 g/mol. The summed E-state index contributed by atoms with van der Waals surface area (Å²) >= 11 is 0. The summed E-state index contributed by atoms with van der Waals surface area (Å²) < 4.78 is 6.06. The van der Waals surface area contributed by atoms with Crippen LogP contribution in [-0.2, 0) is 16.1 Å². The highest BCUT2D eigenvalue weighted by Gasteiger charge is 2.09. The smallest absolute Gasteiger partial charge is 0.295 e. The van der Waals surface area contributed by atoms with Crippen LogP contribution in [0.25, 0.3) is 0 Å². The molecule has 1 rings (SSSR count). The number of hydrogen-bond acceptors (Lipinski definition) is 5. The molecule has 0 fully saturated rings. The molecule has 0 saturated carbocycles. The third kappa shape index (κ3) is 5.19. The zero-order valence-corrected chi connectivity index (χ0v) is 11.2. The van der Waals surface area contributed by atoms with E-state index in [1.54, 1.807) is 0 Å². The topological polar surface area (TPSA) is 82.5 Å². The van der Waals surface area contributed by atoms with Crippen molar-refractivity contribution >= 4 is 5.91 Å². The number of amides is 1. The number of aromatic nitrogens is 2. The predicted molar refractivity (Wildman–Crippen MR) is 68.7 cm³/mol. The van der Waals surface area contributed by atoms with Gasteiger partial charge in [-0.2, -0.15) is 5.10 Å². The minimum atomic E-state index is -0.485. The van der Waals surface area contributed by atoms with E-state index in [-0.39, 0.29) is 17.9 Å².